The summed E-state index contributed by atoms with van der Waals surface area (Å²) in [6.45, 7) is 7.55. The molecule has 0 aromatic rings. The third-order valence-electron chi connectivity index (χ3n) is 2.10. The first-order valence-electron chi connectivity index (χ1n) is 5.38. The van der Waals surface area contributed by atoms with Gasteiger partial charge in [0.1, 0.15) is 0 Å². The van der Waals surface area contributed by atoms with Crippen molar-refractivity contribution in [2.45, 2.75) is 13.8 Å². The zero-order chi connectivity index (χ0) is 12.4. The number of likely N-dealkylation sites (N-methyl/N-ethyl adjacent to an activating group) is 1. The fourth-order valence-corrected chi connectivity index (χ4v) is 1.74. The van der Waals surface area contributed by atoms with E-state index in [0.717, 1.165) is 31.4 Å². The molecular weight excluding hydrogens is 228 g/mol. The summed E-state index contributed by atoms with van der Waals surface area (Å²) in [4.78, 5) is 23.7. The number of hydrogen-bond donors (Lipinski definition) is 2. The molecule has 0 aliphatic carbocycles. The summed E-state index contributed by atoms with van der Waals surface area (Å²) in [5.74, 6) is -0.798. The standard InChI is InChI=1S/C10H20N2O3S/c1-3-12(4-2)6-5-11-9(13)7-16-8-10(14)15/h3-8H2,1-2H3,(H,11,13)(H,14,15). The molecule has 0 unspecified atom stereocenters. The molecule has 0 aromatic carbocycles. The predicted molar refractivity (Wildman–Crippen MR) is 65.8 cm³/mol. The summed E-state index contributed by atoms with van der Waals surface area (Å²) in [7, 11) is 0. The number of nitrogens with zero attached hydrogens (tertiary/aromatic N) is 1. The quantitative estimate of drug-likeness (QED) is 0.612. The number of carbonyl (C=O) groups is 2. The molecule has 0 saturated carbocycles. The van der Waals surface area contributed by atoms with E-state index >= 15 is 0 Å². The summed E-state index contributed by atoms with van der Waals surface area (Å²) in [5.41, 5.74) is 0. The van der Waals surface area contributed by atoms with E-state index in [1.54, 1.807) is 0 Å². The number of carbonyl (C=O) groups excluding carboxylic acids is 1. The predicted octanol–water partition coefficient (Wildman–Crippen LogP) is 0.262. The van der Waals surface area contributed by atoms with Crippen molar-refractivity contribution in [3.63, 3.8) is 0 Å². The molecule has 0 aliphatic heterocycles. The van der Waals surface area contributed by atoms with Crippen LogP contribution in [-0.4, -0.2) is 59.6 Å². The van der Waals surface area contributed by atoms with Crippen LogP contribution in [0.25, 0.3) is 0 Å². The molecule has 5 nitrogen and oxygen atoms in total. The van der Waals surface area contributed by atoms with Crippen molar-refractivity contribution >= 4 is 23.6 Å². The third-order valence-corrected chi connectivity index (χ3v) is 3.02. The van der Waals surface area contributed by atoms with Gasteiger partial charge in [0.05, 0.1) is 11.5 Å². The second-order valence-corrected chi connectivity index (χ2v) is 4.25. The van der Waals surface area contributed by atoms with Gasteiger partial charge in [0.15, 0.2) is 0 Å². The van der Waals surface area contributed by atoms with Crippen molar-refractivity contribution in [2.75, 3.05) is 37.7 Å². The molecule has 0 spiro atoms. The zero-order valence-corrected chi connectivity index (χ0v) is 10.7. The normalized spacial score (nSPS) is 10.4. The van der Waals surface area contributed by atoms with Crippen LogP contribution in [0, 0.1) is 0 Å². The molecule has 0 rings (SSSR count). The van der Waals surface area contributed by atoms with Crippen LogP contribution in [0.1, 0.15) is 13.8 Å². The molecule has 94 valence electrons. The van der Waals surface area contributed by atoms with Crippen LogP contribution in [0.5, 0.6) is 0 Å². The average Bonchev–Trinajstić information content (AvgIpc) is 2.24. The highest BCUT2D eigenvalue weighted by Gasteiger charge is 2.04. The molecule has 16 heavy (non-hydrogen) atoms. The van der Waals surface area contributed by atoms with E-state index < -0.39 is 5.97 Å². The van der Waals surface area contributed by atoms with E-state index in [1.165, 1.54) is 0 Å². The molecule has 0 aliphatic rings. The average molecular weight is 248 g/mol. The second-order valence-electron chi connectivity index (χ2n) is 3.26. The van der Waals surface area contributed by atoms with Crippen molar-refractivity contribution < 1.29 is 14.7 Å². The Labute approximate surface area is 101 Å². The van der Waals surface area contributed by atoms with Gasteiger partial charge >= 0.3 is 5.97 Å². The van der Waals surface area contributed by atoms with E-state index in [2.05, 4.69) is 24.1 Å². The van der Waals surface area contributed by atoms with Gasteiger partial charge in [0.2, 0.25) is 5.91 Å². The minimum atomic E-state index is -0.888. The number of nitrogens with one attached hydrogen (secondary N) is 1. The first-order chi connectivity index (χ1) is 7.60. The van der Waals surface area contributed by atoms with Gasteiger partial charge in [-0.05, 0) is 13.1 Å². The Kier molecular flexibility index (Phi) is 9.03. The second kappa shape index (κ2) is 9.47. The van der Waals surface area contributed by atoms with E-state index in [4.69, 9.17) is 5.11 Å². The van der Waals surface area contributed by atoms with E-state index in [9.17, 15) is 9.59 Å². The van der Waals surface area contributed by atoms with Gasteiger partial charge in [-0.2, -0.15) is 0 Å². The number of carboxylic acid groups (broad SMARTS) is 1. The molecule has 0 atom stereocenters. The summed E-state index contributed by atoms with van der Waals surface area (Å²) < 4.78 is 0. The van der Waals surface area contributed by atoms with E-state index in [-0.39, 0.29) is 17.4 Å². The fraction of sp³-hybridized carbons (Fsp3) is 0.800. The molecule has 2 N–H and O–H groups in total. The molecule has 0 bridgehead atoms. The Balaban J connectivity index is 3.46. The number of thioether (sulfide) groups is 1. The lowest BCUT2D eigenvalue weighted by atomic mass is 10.4. The minimum absolute atomic E-state index is 0.0243. The van der Waals surface area contributed by atoms with Crippen molar-refractivity contribution in [2.24, 2.45) is 0 Å². The highest BCUT2D eigenvalue weighted by Crippen LogP contribution is 1.97. The maximum Gasteiger partial charge on any atom is 0.313 e. The monoisotopic (exact) mass is 248 g/mol. The van der Waals surface area contributed by atoms with Gasteiger partial charge in [-0.15, -0.1) is 11.8 Å². The summed E-state index contributed by atoms with van der Waals surface area (Å²) in [6.07, 6.45) is 0. The van der Waals surface area contributed by atoms with Gasteiger partial charge in [0.25, 0.3) is 0 Å². The topological polar surface area (TPSA) is 69.6 Å². The highest BCUT2D eigenvalue weighted by molar-refractivity contribution is 8.00. The van der Waals surface area contributed by atoms with Crippen LogP contribution in [0.2, 0.25) is 0 Å². The van der Waals surface area contributed by atoms with Crippen LogP contribution >= 0.6 is 11.8 Å². The summed E-state index contributed by atoms with van der Waals surface area (Å²) in [6, 6.07) is 0. The van der Waals surface area contributed by atoms with Crippen molar-refractivity contribution in [1.82, 2.24) is 10.2 Å². The SMILES string of the molecule is CCN(CC)CCNC(=O)CSCC(=O)O. The number of aliphatic carboxylic acids is 1. The van der Waals surface area contributed by atoms with Crippen LogP contribution in [0.4, 0.5) is 0 Å². The largest absolute Gasteiger partial charge is 0.481 e. The van der Waals surface area contributed by atoms with E-state index in [1.807, 2.05) is 0 Å². The smallest absolute Gasteiger partial charge is 0.313 e. The lowest BCUT2D eigenvalue weighted by Gasteiger charge is -2.17. The van der Waals surface area contributed by atoms with Crippen molar-refractivity contribution in [3.05, 3.63) is 0 Å². The highest BCUT2D eigenvalue weighted by atomic mass is 32.2. The lowest BCUT2D eigenvalue weighted by Crippen LogP contribution is -2.35. The Morgan fingerprint density at radius 1 is 1.25 bits per heavy atom. The Morgan fingerprint density at radius 3 is 2.38 bits per heavy atom. The first kappa shape index (κ1) is 15.2. The number of hydrogen-bond acceptors (Lipinski definition) is 4. The fourth-order valence-electron chi connectivity index (χ4n) is 1.18. The maximum atomic E-state index is 11.2. The van der Waals surface area contributed by atoms with Crippen molar-refractivity contribution in [3.8, 4) is 0 Å². The van der Waals surface area contributed by atoms with Crippen LogP contribution in [0.15, 0.2) is 0 Å². The molecule has 6 heteroatoms. The zero-order valence-electron chi connectivity index (χ0n) is 9.86. The van der Waals surface area contributed by atoms with E-state index in [0.29, 0.717) is 6.54 Å². The summed E-state index contributed by atoms with van der Waals surface area (Å²) in [5, 5.41) is 11.1. The van der Waals surface area contributed by atoms with Gasteiger partial charge in [-0.25, -0.2) is 0 Å². The molecular formula is C10H20N2O3S. The molecule has 0 saturated heterocycles. The van der Waals surface area contributed by atoms with Gasteiger partial charge < -0.3 is 15.3 Å². The molecule has 1 amide bonds. The molecule has 0 aromatic heterocycles. The lowest BCUT2D eigenvalue weighted by molar-refractivity contribution is -0.133. The molecule has 0 heterocycles. The number of rotatable bonds is 9. The summed E-state index contributed by atoms with van der Waals surface area (Å²) >= 11 is 1.11. The van der Waals surface area contributed by atoms with Crippen molar-refractivity contribution in [1.29, 1.82) is 0 Å². The Morgan fingerprint density at radius 2 is 1.88 bits per heavy atom. The van der Waals surface area contributed by atoms with Gasteiger partial charge in [-0.1, -0.05) is 13.8 Å². The first-order valence-corrected chi connectivity index (χ1v) is 6.54. The van der Waals surface area contributed by atoms with Gasteiger partial charge in [0, 0.05) is 13.1 Å². The molecule has 0 radical (unpaired) electrons. The third kappa shape index (κ3) is 8.55. The number of carboxylic acids is 1. The Bertz CT molecular complexity index is 220. The minimum Gasteiger partial charge on any atom is -0.481 e. The van der Waals surface area contributed by atoms with Crippen LogP contribution in [-0.2, 0) is 9.59 Å². The van der Waals surface area contributed by atoms with Crippen LogP contribution in [0.3, 0.4) is 0 Å². The number of amides is 1. The molecule has 0 fully saturated rings. The Hall–Kier alpha value is -0.750. The van der Waals surface area contributed by atoms with Crippen LogP contribution < -0.4 is 5.32 Å². The van der Waals surface area contributed by atoms with Gasteiger partial charge in [-0.3, -0.25) is 9.59 Å². The maximum absolute atomic E-state index is 11.2.